The van der Waals surface area contributed by atoms with Gasteiger partial charge in [-0.15, -0.1) is 0 Å². The van der Waals surface area contributed by atoms with Crippen LogP contribution < -0.4 is 0 Å². The van der Waals surface area contributed by atoms with E-state index in [4.69, 9.17) is 0 Å². The number of nitro benzene ring substituents is 2. The zero-order valence-corrected chi connectivity index (χ0v) is 12.7. The number of aromatic nitrogens is 1. The second-order valence-electron chi connectivity index (χ2n) is 5.18. The number of hydrogen-bond donors (Lipinski definition) is 1. The molecule has 1 aromatic heterocycles. The van der Waals surface area contributed by atoms with Crippen molar-refractivity contribution in [1.29, 1.82) is 0 Å². The third-order valence-electron chi connectivity index (χ3n) is 3.56. The van der Waals surface area contributed by atoms with Crippen LogP contribution in [0.15, 0.2) is 48.5 Å². The standard InChI is InChI=1S/C17H11N3O5/c21-16-10-11(5-9-14(16)19(22)23)4-7-13-8-6-12-2-1-3-15(20(24)25)17(12)18-13/h1-10,21H/b7-4+. The lowest BCUT2D eigenvalue weighted by molar-refractivity contribution is -0.385. The van der Waals surface area contributed by atoms with Crippen LogP contribution in [-0.4, -0.2) is 19.9 Å². The molecule has 124 valence electrons. The van der Waals surface area contributed by atoms with Crippen LogP contribution in [0.1, 0.15) is 11.3 Å². The SMILES string of the molecule is O=[N+]([O-])c1ccc(/C=C/c2ccc3cccc([N+](=O)[O-])c3n2)cc1O. The Morgan fingerprint density at radius 1 is 0.920 bits per heavy atom. The highest BCUT2D eigenvalue weighted by Gasteiger charge is 2.13. The van der Waals surface area contributed by atoms with Gasteiger partial charge in [0.1, 0.15) is 5.52 Å². The van der Waals surface area contributed by atoms with Crippen LogP contribution in [-0.2, 0) is 0 Å². The number of phenolic OH excluding ortho intramolecular Hbond substituents is 1. The lowest BCUT2D eigenvalue weighted by Gasteiger charge is -2.01. The predicted molar refractivity (Wildman–Crippen MR) is 92.1 cm³/mol. The van der Waals surface area contributed by atoms with E-state index in [1.165, 1.54) is 24.3 Å². The highest BCUT2D eigenvalue weighted by Crippen LogP contribution is 2.27. The van der Waals surface area contributed by atoms with Crippen molar-refractivity contribution in [1.82, 2.24) is 4.98 Å². The third-order valence-corrected chi connectivity index (χ3v) is 3.56. The summed E-state index contributed by atoms with van der Waals surface area (Å²) in [6.07, 6.45) is 3.21. The zero-order chi connectivity index (χ0) is 18.0. The number of rotatable bonds is 4. The van der Waals surface area contributed by atoms with Crippen molar-refractivity contribution in [3.05, 3.63) is 80.0 Å². The molecule has 0 aliphatic rings. The van der Waals surface area contributed by atoms with E-state index < -0.39 is 15.6 Å². The summed E-state index contributed by atoms with van der Waals surface area (Å²) in [6.45, 7) is 0. The molecule has 0 atom stereocenters. The summed E-state index contributed by atoms with van der Waals surface area (Å²) in [5.74, 6) is -0.436. The van der Waals surface area contributed by atoms with Crippen LogP contribution in [0.5, 0.6) is 5.75 Å². The summed E-state index contributed by atoms with van der Waals surface area (Å²) in [4.78, 5) is 24.9. The van der Waals surface area contributed by atoms with Crippen LogP contribution >= 0.6 is 0 Å². The molecule has 8 heteroatoms. The predicted octanol–water partition coefficient (Wildman–Crippen LogP) is 3.93. The van der Waals surface area contributed by atoms with Gasteiger partial charge >= 0.3 is 5.69 Å². The van der Waals surface area contributed by atoms with E-state index in [0.717, 1.165) is 0 Å². The van der Waals surface area contributed by atoms with Gasteiger partial charge in [0.25, 0.3) is 5.69 Å². The molecule has 3 rings (SSSR count). The number of fused-ring (bicyclic) bond motifs is 1. The largest absolute Gasteiger partial charge is 0.502 e. The second kappa shape index (κ2) is 6.36. The topological polar surface area (TPSA) is 119 Å². The fourth-order valence-electron chi connectivity index (χ4n) is 2.37. The van der Waals surface area contributed by atoms with Crippen molar-refractivity contribution in [2.24, 2.45) is 0 Å². The summed E-state index contributed by atoms with van der Waals surface area (Å²) in [5, 5.41) is 32.1. The Bertz CT molecular complexity index is 1030. The molecule has 3 aromatic rings. The molecular weight excluding hydrogens is 326 g/mol. The summed E-state index contributed by atoms with van der Waals surface area (Å²) in [6, 6.07) is 12.1. The minimum atomic E-state index is -0.674. The molecule has 8 nitrogen and oxygen atoms in total. The fraction of sp³-hybridized carbons (Fsp3) is 0. The molecule has 0 aliphatic carbocycles. The molecule has 0 amide bonds. The number of nitro groups is 2. The van der Waals surface area contributed by atoms with Crippen LogP contribution in [0, 0.1) is 20.2 Å². The average Bonchev–Trinajstić information content (AvgIpc) is 2.58. The van der Waals surface area contributed by atoms with Gasteiger partial charge < -0.3 is 5.11 Å². The Kier molecular flexibility index (Phi) is 4.09. The number of phenols is 1. The molecule has 25 heavy (non-hydrogen) atoms. The van der Waals surface area contributed by atoms with Gasteiger partial charge in [0, 0.05) is 17.5 Å². The number of nitrogens with zero attached hydrogens (tertiary/aromatic N) is 3. The third kappa shape index (κ3) is 3.27. The number of hydrogen-bond acceptors (Lipinski definition) is 6. The van der Waals surface area contributed by atoms with E-state index in [0.29, 0.717) is 16.6 Å². The van der Waals surface area contributed by atoms with Gasteiger partial charge in [-0.3, -0.25) is 20.2 Å². The monoisotopic (exact) mass is 337 g/mol. The molecule has 2 aromatic carbocycles. The average molecular weight is 337 g/mol. The number of para-hydroxylation sites is 1. The maximum absolute atomic E-state index is 11.1. The molecule has 1 heterocycles. The summed E-state index contributed by atoms with van der Waals surface area (Å²) >= 11 is 0. The molecule has 0 aliphatic heterocycles. The first-order valence-electron chi connectivity index (χ1n) is 7.15. The number of non-ortho nitro benzene ring substituents is 1. The number of aromatic hydroxyl groups is 1. The van der Waals surface area contributed by atoms with E-state index in [9.17, 15) is 25.3 Å². The minimum absolute atomic E-state index is 0.0827. The van der Waals surface area contributed by atoms with Crippen LogP contribution in [0.3, 0.4) is 0 Å². The van der Waals surface area contributed by atoms with Crippen LogP contribution in [0.4, 0.5) is 11.4 Å². The molecule has 1 N–H and O–H groups in total. The molecule has 0 bridgehead atoms. The van der Waals surface area contributed by atoms with E-state index in [1.807, 2.05) is 0 Å². The minimum Gasteiger partial charge on any atom is -0.502 e. The van der Waals surface area contributed by atoms with Crippen molar-refractivity contribution in [2.75, 3.05) is 0 Å². The fourth-order valence-corrected chi connectivity index (χ4v) is 2.37. The van der Waals surface area contributed by atoms with Gasteiger partial charge in [-0.1, -0.05) is 24.3 Å². The molecule has 0 saturated carbocycles. The first-order valence-corrected chi connectivity index (χ1v) is 7.15. The van der Waals surface area contributed by atoms with Gasteiger partial charge in [-0.2, -0.15) is 0 Å². The molecule has 0 radical (unpaired) electrons. The van der Waals surface area contributed by atoms with E-state index in [2.05, 4.69) is 4.98 Å². The highest BCUT2D eigenvalue weighted by molar-refractivity contribution is 5.88. The summed E-state index contributed by atoms with van der Waals surface area (Å²) in [7, 11) is 0. The quantitative estimate of drug-likeness (QED) is 0.569. The molecule has 0 fully saturated rings. The molecule has 0 unspecified atom stereocenters. The van der Waals surface area contributed by atoms with Crippen molar-refractivity contribution >= 4 is 34.4 Å². The van der Waals surface area contributed by atoms with E-state index in [-0.39, 0.29) is 16.9 Å². The smallest absolute Gasteiger partial charge is 0.310 e. The normalized spacial score (nSPS) is 11.0. The van der Waals surface area contributed by atoms with Crippen molar-refractivity contribution in [3.63, 3.8) is 0 Å². The van der Waals surface area contributed by atoms with E-state index >= 15 is 0 Å². The zero-order valence-electron chi connectivity index (χ0n) is 12.7. The summed E-state index contributed by atoms with van der Waals surface area (Å²) in [5.41, 5.74) is 0.839. The molecular formula is C17H11N3O5. The lowest BCUT2D eigenvalue weighted by atomic mass is 10.1. The number of pyridine rings is 1. The first-order chi connectivity index (χ1) is 12.0. The van der Waals surface area contributed by atoms with Gasteiger partial charge in [-0.05, 0) is 29.8 Å². The van der Waals surface area contributed by atoms with E-state index in [1.54, 1.807) is 36.4 Å². The maximum atomic E-state index is 11.1. The van der Waals surface area contributed by atoms with Crippen molar-refractivity contribution in [2.45, 2.75) is 0 Å². The first kappa shape index (κ1) is 16.1. The lowest BCUT2D eigenvalue weighted by Crippen LogP contribution is -1.92. The van der Waals surface area contributed by atoms with Gasteiger partial charge in [-0.25, -0.2) is 4.98 Å². The van der Waals surface area contributed by atoms with Gasteiger partial charge in [0.15, 0.2) is 5.75 Å². The van der Waals surface area contributed by atoms with Gasteiger partial charge in [0.2, 0.25) is 0 Å². The Labute approximate surface area is 141 Å². The Morgan fingerprint density at radius 2 is 1.68 bits per heavy atom. The Hall–Kier alpha value is -3.81. The molecule has 0 spiro atoms. The highest BCUT2D eigenvalue weighted by atomic mass is 16.6. The summed E-state index contributed by atoms with van der Waals surface area (Å²) < 4.78 is 0. The molecule has 0 saturated heterocycles. The van der Waals surface area contributed by atoms with Crippen LogP contribution in [0.2, 0.25) is 0 Å². The number of benzene rings is 2. The Balaban J connectivity index is 1.96. The Morgan fingerprint density at radius 3 is 2.36 bits per heavy atom. The van der Waals surface area contributed by atoms with Gasteiger partial charge in [0.05, 0.1) is 15.5 Å². The van der Waals surface area contributed by atoms with Crippen molar-refractivity contribution in [3.8, 4) is 5.75 Å². The maximum Gasteiger partial charge on any atom is 0.310 e. The second-order valence-corrected chi connectivity index (χ2v) is 5.18. The van der Waals surface area contributed by atoms with Crippen molar-refractivity contribution < 1.29 is 15.0 Å². The van der Waals surface area contributed by atoms with Crippen LogP contribution in [0.25, 0.3) is 23.1 Å².